The second-order valence-corrected chi connectivity index (χ2v) is 5.72. The van der Waals surface area contributed by atoms with E-state index >= 15 is 0 Å². The van der Waals surface area contributed by atoms with Crippen molar-refractivity contribution in [1.82, 2.24) is 10.0 Å². The van der Waals surface area contributed by atoms with E-state index in [9.17, 15) is 18.0 Å². The average molecular weight is 300 g/mol. The summed E-state index contributed by atoms with van der Waals surface area (Å²) >= 11 is 0. The summed E-state index contributed by atoms with van der Waals surface area (Å²) in [7, 11) is -3.58. The van der Waals surface area contributed by atoms with E-state index in [1.54, 1.807) is 18.2 Å². The molecule has 0 bridgehead atoms. The Morgan fingerprint density at radius 1 is 1.05 bits per heavy atom. The van der Waals surface area contributed by atoms with Crippen LogP contribution in [-0.2, 0) is 19.6 Å². The summed E-state index contributed by atoms with van der Waals surface area (Å²) in [5.41, 5.74) is 0. The highest BCUT2D eigenvalue weighted by Gasteiger charge is 2.12. The Labute approximate surface area is 117 Å². The van der Waals surface area contributed by atoms with Crippen molar-refractivity contribution < 1.29 is 23.1 Å². The SMILES string of the molecule is O=C(O)CCC(=O)NCCNS(=O)(=O)c1ccccc1. The molecule has 0 aromatic heterocycles. The first-order valence-electron chi connectivity index (χ1n) is 5.95. The first-order chi connectivity index (χ1) is 9.42. The number of amides is 1. The molecule has 0 fully saturated rings. The molecule has 0 unspecified atom stereocenters. The van der Waals surface area contributed by atoms with Crippen LogP contribution in [0.2, 0.25) is 0 Å². The molecule has 8 heteroatoms. The van der Waals surface area contributed by atoms with E-state index in [1.165, 1.54) is 12.1 Å². The largest absolute Gasteiger partial charge is 0.481 e. The first kappa shape index (κ1) is 16.1. The summed E-state index contributed by atoms with van der Waals surface area (Å²) in [4.78, 5) is 21.6. The molecular formula is C12H16N2O5S. The Balaban J connectivity index is 2.31. The molecule has 3 N–H and O–H groups in total. The van der Waals surface area contributed by atoms with Gasteiger partial charge in [0.2, 0.25) is 15.9 Å². The highest BCUT2D eigenvalue weighted by Crippen LogP contribution is 2.06. The number of hydrogen-bond acceptors (Lipinski definition) is 4. The van der Waals surface area contributed by atoms with E-state index in [1.807, 2.05) is 0 Å². The van der Waals surface area contributed by atoms with Crippen LogP contribution in [0.3, 0.4) is 0 Å². The minimum absolute atomic E-state index is 0.0377. The summed E-state index contributed by atoms with van der Waals surface area (Å²) in [6.07, 6.45) is -0.373. The predicted molar refractivity (Wildman–Crippen MR) is 71.5 cm³/mol. The number of carbonyl (C=O) groups is 2. The molecule has 0 aliphatic rings. The molecule has 0 radical (unpaired) electrons. The van der Waals surface area contributed by atoms with Crippen LogP contribution >= 0.6 is 0 Å². The van der Waals surface area contributed by atoms with Crippen LogP contribution in [0.5, 0.6) is 0 Å². The van der Waals surface area contributed by atoms with Crippen molar-refractivity contribution in [3.8, 4) is 0 Å². The fraction of sp³-hybridized carbons (Fsp3) is 0.333. The summed E-state index contributed by atoms with van der Waals surface area (Å²) in [6.45, 7) is 0.139. The van der Waals surface area contributed by atoms with Crippen molar-refractivity contribution in [2.45, 2.75) is 17.7 Å². The maximum Gasteiger partial charge on any atom is 0.303 e. The van der Waals surface area contributed by atoms with Crippen LogP contribution in [0.4, 0.5) is 0 Å². The molecule has 0 atom stereocenters. The topological polar surface area (TPSA) is 113 Å². The average Bonchev–Trinajstić information content (AvgIpc) is 2.42. The Kier molecular flexibility index (Phi) is 6.13. The molecule has 7 nitrogen and oxygen atoms in total. The van der Waals surface area contributed by atoms with Gasteiger partial charge in [-0.3, -0.25) is 9.59 Å². The van der Waals surface area contributed by atoms with E-state index in [0.29, 0.717) is 0 Å². The molecule has 20 heavy (non-hydrogen) atoms. The number of sulfonamides is 1. The van der Waals surface area contributed by atoms with Crippen molar-refractivity contribution in [1.29, 1.82) is 0 Å². The monoisotopic (exact) mass is 300 g/mol. The van der Waals surface area contributed by atoms with Crippen LogP contribution in [0.1, 0.15) is 12.8 Å². The van der Waals surface area contributed by atoms with Crippen molar-refractivity contribution in [3.63, 3.8) is 0 Å². The number of aliphatic carboxylic acids is 1. The molecule has 1 rings (SSSR count). The maximum absolute atomic E-state index is 11.8. The molecule has 1 aromatic rings. The summed E-state index contributed by atoms with van der Waals surface area (Å²) in [6, 6.07) is 7.87. The van der Waals surface area contributed by atoms with E-state index in [0.717, 1.165) is 0 Å². The highest BCUT2D eigenvalue weighted by atomic mass is 32.2. The number of carboxylic acid groups (broad SMARTS) is 1. The maximum atomic E-state index is 11.8. The lowest BCUT2D eigenvalue weighted by molar-refractivity contribution is -0.138. The van der Waals surface area contributed by atoms with Gasteiger partial charge in [-0.2, -0.15) is 0 Å². The van der Waals surface area contributed by atoms with Crippen LogP contribution in [0.15, 0.2) is 35.2 Å². The van der Waals surface area contributed by atoms with Gasteiger partial charge in [0, 0.05) is 19.5 Å². The van der Waals surface area contributed by atoms with Crippen LogP contribution in [0, 0.1) is 0 Å². The summed E-state index contributed by atoms with van der Waals surface area (Å²) in [5.74, 6) is -1.48. The van der Waals surface area contributed by atoms with Crippen molar-refractivity contribution in [2.24, 2.45) is 0 Å². The summed E-state index contributed by atoms with van der Waals surface area (Å²) in [5, 5.41) is 10.8. The highest BCUT2D eigenvalue weighted by molar-refractivity contribution is 7.89. The fourth-order valence-corrected chi connectivity index (χ4v) is 2.43. The van der Waals surface area contributed by atoms with E-state index < -0.39 is 21.9 Å². The minimum Gasteiger partial charge on any atom is -0.481 e. The van der Waals surface area contributed by atoms with Gasteiger partial charge in [0.1, 0.15) is 0 Å². The molecular weight excluding hydrogens is 284 g/mol. The van der Waals surface area contributed by atoms with E-state index in [-0.39, 0.29) is 30.8 Å². The van der Waals surface area contributed by atoms with Crippen molar-refractivity contribution in [2.75, 3.05) is 13.1 Å². The van der Waals surface area contributed by atoms with Gasteiger partial charge in [0.05, 0.1) is 11.3 Å². The number of rotatable bonds is 8. The Hall–Kier alpha value is -1.93. The molecule has 0 saturated heterocycles. The fourth-order valence-electron chi connectivity index (χ4n) is 1.38. The Morgan fingerprint density at radius 2 is 1.70 bits per heavy atom. The number of carboxylic acids is 1. The molecule has 110 valence electrons. The third kappa shape index (κ3) is 5.81. The van der Waals surface area contributed by atoms with Crippen molar-refractivity contribution in [3.05, 3.63) is 30.3 Å². The van der Waals surface area contributed by atoms with E-state index in [2.05, 4.69) is 10.0 Å². The smallest absolute Gasteiger partial charge is 0.303 e. The Bertz CT molecular complexity index is 556. The third-order valence-electron chi connectivity index (χ3n) is 2.36. The molecule has 0 aliphatic heterocycles. The van der Waals surface area contributed by atoms with Gasteiger partial charge in [-0.25, -0.2) is 13.1 Å². The minimum atomic E-state index is -3.58. The Morgan fingerprint density at radius 3 is 2.30 bits per heavy atom. The van der Waals surface area contributed by atoms with Gasteiger partial charge in [0.25, 0.3) is 0 Å². The molecule has 1 amide bonds. The predicted octanol–water partition coefficient (Wildman–Crippen LogP) is -0.0541. The quantitative estimate of drug-likeness (QED) is 0.582. The zero-order chi connectivity index (χ0) is 15.0. The third-order valence-corrected chi connectivity index (χ3v) is 3.84. The number of hydrogen-bond donors (Lipinski definition) is 3. The van der Waals surface area contributed by atoms with Gasteiger partial charge in [-0.05, 0) is 12.1 Å². The number of carbonyl (C=O) groups excluding carboxylic acids is 1. The van der Waals surface area contributed by atoms with Gasteiger partial charge in [-0.15, -0.1) is 0 Å². The number of benzene rings is 1. The van der Waals surface area contributed by atoms with Crippen LogP contribution in [0.25, 0.3) is 0 Å². The normalized spacial score (nSPS) is 11.0. The second kappa shape index (κ2) is 7.61. The van der Waals surface area contributed by atoms with Gasteiger partial charge < -0.3 is 10.4 Å². The van der Waals surface area contributed by atoms with Gasteiger partial charge in [-0.1, -0.05) is 18.2 Å². The lowest BCUT2D eigenvalue weighted by Gasteiger charge is -2.07. The van der Waals surface area contributed by atoms with Crippen LogP contribution < -0.4 is 10.0 Å². The zero-order valence-corrected chi connectivity index (χ0v) is 11.5. The van der Waals surface area contributed by atoms with E-state index in [4.69, 9.17) is 5.11 Å². The lowest BCUT2D eigenvalue weighted by Crippen LogP contribution is -2.34. The van der Waals surface area contributed by atoms with Gasteiger partial charge >= 0.3 is 5.97 Å². The standard InChI is InChI=1S/C12H16N2O5S/c15-11(6-7-12(16)17)13-8-9-14-20(18,19)10-4-2-1-3-5-10/h1-5,14H,6-9H2,(H,13,15)(H,16,17). The first-order valence-corrected chi connectivity index (χ1v) is 7.43. The van der Waals surface area contributed by atoms with Crippen molar-refractivity contribution >= 4 is 21.9 Å². The molecule has 0 saturated carbocycles. The van der Waals surface area contributed by atoms with Crippen LogP contribution in [-0.4, -0.2) is 38.5 Å². The second-order valence-electron chi connectivity index (χ2n) is 3.95. The molecule has 1 aromatic carbocycles. The summed E-state index contributed by atoms with van der Waals surface area (Å²) < 4.78 is 25.9. The zero-order valence-electron chi connectivity index (χ0n) is 10.7. The molecule has 0 aliphatic carbocycles. The molecule has 0 heterocycles. The lowest BCUT2D eigenvalue weighted by atomic mass is 10.3. The number of nitrogens with one attached hydrogen (secondary N) is 2. The van der Waals surface area contributed by atoms with Gasteiger partial charge in [0.15, 0.2) is 0 Å². The molecule has 0 spiro atoms.